The van der Waals surface area contributed by atoms with Crippen LogP contribution in [0.1, 0.15) is 25.0 Å². The van der Waals surface area contributed by atoms with Gasteiger partial charge in [-0.2, -0.15) is 0 Å². The molecule has 0 saturated carbocycles. The van der Waals surface area contributed by atoms with Crippen molar-refractivity contribution in [3.63, 3.8) is 0 Å². The predicted octanol–water partition coefficient (Wildman–Crippen LogP) is 3.72. The Labute approximate surface area is 162 Å². The molecular weight excluding hydrogens is 363 g/mol. The molecule has 1 aliphatic heterocycles. The molecule has 7 heteroatoms. The highest BCUT2D eigenvalue weighted by Crippen LogP contribution is 2.29. The average Bonchev–Trinajstić information content (AvgIpc) is 2.93. The van der Waals surface area contributed by atoms with Gasteiger partial charge < -0.3 is 14.8 Å². The summed E-state index contributed by atoms with van der Waals surface area (Å²) in [6, 6.07) is 10.4. The van der Waals surface area contributed by atoms with E-state index in [4.69, 9.17) is 9.47 Å². The highest BCUT2D eigenvalue weighted by Gasteiger charge is 2.33. The van der Waals surface area contributed by atoms with Gasteiger partial charge in [-0.1, -0.05) is 18.2 Å². The van der Waals surface area contributed by atoms with Gasteiger partial charge >= 0.3 is 6.03 Å². The van der Waals surface area contributed by atoms with E-state index < -0.39 is 11.9 Å². The minimum absolute atomic E-state index is 0.0652. The van der Waals surface area contributed by atoms with Crippen LogP contribution in [-0.4, -0.2) is 30.1 Å². The molecule has 1 heterocycles. The highest BCUT2D eigenvalue weighted by atomic mass is 19.1. The molecular formula is C21H21FN2O4. The molecule has 0 atom stereocenters. The molecule has 0 radical (unpaired) electrons. The van der Waals surface area contributed by atoms with E-state index in [-0.39, 0.29) is 18.1 Å². The molecule has 0 unspecified atom stereocenters. The molecule has 0 spiro atoms. The zero-order chi connectivity index (χ0) is 20.1. The quantitative estimate of drug-likeness (QED) is 0.584. The maximum atomic E-state index is 13.0. The number of rotatable bonds is 7. The van der Waals surface area contributed by atoms with Gasteiger partial charge in [0.1, 0.15) is 11.5 Å². The van der Waals surface area contributed by atoms with Gasteiger partial charge in [-0.05, 0) is 55.3 Å². The molecule has 3 amide bonds. The summed E-state index contributed by atoms with van der Waals surface area (Å²) in [5.74, 6) is 0.369. The third-order valence-electron chi connectivity index (χ3n) is 4.09. The Balaban J connectivity index is 1.81. The molecule has 0 bridgehead atoms. The number of urea groups is 1. The minimum Gasteiger partial charge on any atom is -0.490 e. The Morgan fingerprint density at radius 1 is 1.00 bits per heavy atom. The van der Waals surface area contributed by atoms with Crippen molar-refractivity contribution in [2.45, 2.75) is 20.4 Å². The number of imide groups is 1. The lowest BCUT2D eigenvalue weighted by Gasteiger charge is -2.12. The molecule has 1 fully saturated rings. The molecule has 2 aromatic carbocycles. The van der Waals surface area contributed by atoms with E-state index in [9.17, 15) is 14.0 Å². The largest absolute Gasteiger partial charge is 0.490 e. The fraction of sp³-hybridized carbons (Fsp3) is 0.238. The number of nitrogens with zero attached hydrogens (tertiary/aromatic N) is 1. The smallest absolute Gasteiger partial charge is 0.329 e. The Kier molecular flexibility index (Phi) is 5.93. The number of carbonyl (C=O) groups excluding carboxylic acids is 2. The molecule has 2 aromatic rings. The monoisotopic (exact) mass is 384 g/mol. The topological polar surface area (TPSA) is 67.9 Å². The fourth-order valence-corrected chi connectivity index (χ4v) is 2.81. The van der Waals surface area contributed by atoms with E-state index in [1.807, 2.05) is 13.8 Å². The number of nitrogens with one attached hydrogen (secondary N) is 1. The summed E-state index contributed by atoms with van der Waals surface area (Å²) in [7, 11) is 0. The van der Waals surface area contributed by atoms with Crippen molar-refractivity contribution in [2.24, 2.45) is 0 Å². The van der Waals surface area contributed by atoms with Crippen LogP contribution in [0, 0.1) is 5.82 Å². The number of amides is 3. The Morgan fingerprint density at radius 3 is 2.36 bits per heavy atom. The summed E-state index contributed by atoms with van der Waals surface area (Å²) >= 11 is 0. The number of carbonyl (C=O) groups is 2. The van der Waals surface area contributed by atoms with Gasteiger partial charge in [-0.25, -0.2) is 9.18 Å². The normalized spacial score (nSPS) is 15.1. The van der Waals surface area contributed by atoms with Gasteiger partial charge in [-0.15, -0.1) is 0 Å². The Hall–Kier alpha value is -3.35. The Bertz CT molecular complexity index is 909. The van der Waals surface area contributed by atoms with Gasteiger partial charge in [0.2, 0.25) is 0 Å². The summed E-state index contributed by atoms with van der Waals surface area (Å²) in [5, 5.41) is 2.58. The second kappa shape index (κ2) is 8.56. The van der Waals surface area contributed by atoms with Crippen LogP contribution < -0.4 is 14.8 Å². The lowest BCUT2D eigenvalue weighted by Crippen LogP contribution is -2.30. The van der Waals surface area contributed by atoms with Crippen LogP contribution in [0.2, 0.25) is 0 Å². The number of ether oxygens (including phenoxy) is 2. The summed E-state index contributed by atoms with van der Waals surface area (Å²) < 4.78 is 24.1. The first-order valence-electron chi connectivity index (χ1n) is 9.00. The maximum absolute atomic E-state index is 13.0. The van der Waals surface area contributed by atoms with Crippen LogP contribution >= 0.6 is 0 Å². The van der Waals surface area contributed by atoms with Crippen LogP contribution in [0.15, 0.2) is 48.2 Å². The van der Waals surface area contributed by atoms with Crippen molar-refractivity contribution < 1.29 is 23.5 Å². The SMILES string of the molecule is CCOc1ccc(/C=C2/NC(=O)N(Cc3ccc(F)cc3)C2=O)cc1OCC. The van der Waals surface area contributed by atoms with E-state index in [1.54, 1.807) is 36.4 Å². The second-order valence-corrected chi connectivity index (χ2v) is 6.08. The highest BCUT2D eigenvalue weighted by molar-refractivity contribution is 6.13. The third kappa shape index (κ3) is 4.31. The zero-order valence-electron chi connectivity index (χ0n) is 15.7. The predicted molar refractivity (Wildman–Crippen MR) is 102 cm³/mol. The first-order valence-corrected chi connectivity index (χ1v) is 9.00. The van der Waals surface area contributed by atoms with Gasteiger partial charge in [0, 0.05) is 0 Å². The number of benzene rings is 2. The van der Waals surface area contributed by atoms with E-state index >= 15 is 0 Å². The molecule has 28 heavy (non-hydrogen) atoms. The van der Waals surface area contributed by atoms with Gasteiger partial charge in [0.25, 0.3) is 5.91 Å². The Morgan fingerprint density at radius 2 is 1.68 bits per heavy atom. The van der Waals surface area contributed by atoms with Crippen LogP contribution in [0.25, 0.3) is 6.08 Å². The van der Waals surface area contributed by atoms with Crippen LogP contribution in [0.3, 0.4) is 0 Å². The van der Waals surface area contributed by atoms with Gasteiger partial charge in [0.05, 0.1) is 19.8 Å². The maximum Gasteiger partial charge on any atom is 0.329 e. The number of halogens is 1. The van der Waals surface area contributed by atoms with Crippen molar-refractivity contribution in [3.8, 4) is 11.5 Å². The number of hydrogen-bond acceptors (Lipinski definition) is 4. The summed E-state index contributed by atoms with van der Waals surface area (Å²) in [4.78, 5) is 25.9. The second-order valence-electron chi connectivity index (χ2n) is 6.08. The van der Waals surface area contributed by atoms with E-state index in [0.717, 1.165) is 4.90 Å². The molecule has 1 N–H and O–H groups in total. The summed E-state index contributed by atoms with van der Waals surface area (Å²) in [5.41, 5.74) is 1.52. The lowest BCUT2D eigenvalue weighted by atomic mass is 10.1. The summed E-state index contributed by atoms with van der Waals surface area (Å²) in [6.45, 7) is 4.80. The first-order chi connectivity index (χ1) is 13.5. The van der Waals surface area contributed by atoms with Crippen molar-refractivity contribution in [1.82, 2.24) is 10.2 Å². The van der Waals surface area contributed by atoms with E-state index in [1.165, 1.54) is 12.1 Å². The van der Waals surface area contributed by atoms with Gasteiger partial charge in [0.15, 0.2) is 11.5 Å². The molecule has 3 rings (SSSR count). The molecule has 0 aromatic heterocycles. The van der Waals surface area contributed by atoms with Crippen LogP contribution in [0.4, 0.5) is 9.18 Å². The minimum atomic E-state index is -0.517. The fourth-order valence-electron chi connectivity index (χ4n) is 2.81. The van der Waals surface area contributed by atoms with Crippen molar-refractivity contribution in [3.05, 3.63) is 65.1 Å². The van der Waals surface area contributed by atoms with Crippen molar-refractivity contribution in [1.29, 1.82) is 0 Å². The van der Waals surface area contributed by atoms with Crippen LogP contribution in [-0.2, 0) is 11.3 Å². The average molecular weight is 384 g/mol. The zero-order valence-corrected chi connectivity index (χ0v) is 15.7. The molecule has 6 nitrogen and oxygen atoms in total. The third-order valence-corrected chi connectivity index (χ3v) is 4.09. The molecule has 1 saturated heterocycles. The van der Waals surface area contributed by atoms with Crippen LogP contribution in [0.5, 0.6) is 11.5 Å². The first kappa shape index (κ1) is 19.4. The molecule has 0 aliphatic carbocycles. The number of hydrogen-bond donors (Lipinski definition) is 1. The van der Waals surface area contributed by atoms with Crippen molar-refractivity contribution >= 4 is 18.0 Å². The standard InChI is InChI=1S/C21H21FN2O4/c1-3-27-18-10-7-15(12-19(18)28-4-2)11-17-20(25)24(21(26)23-17)13-14-5-8-16(22)9-6-14/h5-12H,3-4,13H2,1-2H3,(H,23,26)/b17-11+. The van der Waals surface area contributed by atoms with Gasteiger partial charge in [-0.3, -0.25) is 9.69 Å². The summed E-state index contributed by atoms with van der Waals surface area (Å²) in [6.07, 6.45) is 1.59. The molecule has 146 valence electrons. The van der Waals surface area contributed by atoms with E-state index in [2.05, 4.69) is 5.32 Å². The lowest BCUT2D eigenvalue weighted by molar-refractivity contribution is -0.123. The van der Waals surface area contributed by atoms with E-state index in [0.29, 0.717) is 35.8 Å². The molecule has 1 aliphatic rings. The van der Waals surface area contributed by atoms with Crippen molar-refractivity contribution in [2.75, 3.05) is 13.2 Å².